The van der Waals surface area contributed by atoms with Crippen LogP contribution in [-0.2, 0) is 11.5 Å². The van der Waals surface area contributed by atoms with Crippen LogP contribution in [0, 0.1) is 6.92 Å². The summed E-state index contributed by atoms with van der Waals surface area (Å²) in [6.07, 6.45) is 0. The maximum atomic E-state index is 10.1. The molecule has 1 rings (SSSR count). The summed E-state index contributed by atoms with van der Waals surface area (Å²) in [5, 5.41) is 0. The fourth-order valence-corrected chi connectivity index (χ4v) is 1.18. The van der Waals surface area contributed by atoms with Gasteiger partial charge in [0.05, 0.1) is 12.8 Å². The van der Waals surface area contributed by atoms with Crippen molar-refractivity contribution in [1.82, 2.24) is 0 Å². The van der Waals surface area contributed by atoms with E-state index in [2.05, 4.69) is 4.36 Å². The van der Waals surface area contributed by atoms with Crippen LogP contribution in [0.4, 0.5) is 5.69 Å². The van der Waals surface area contributed by atoms with E-state index in [-0.39, 0.29) is 11.5 Å². The zero-order valence-corrected chi connectivity index (χ0v) is 7.72. The molecule has 0 unspecified atom stereocenters. The first kappa shape index (κ1) is 8.93. The second kappa shape index (κ2) is 4.01. The average molecular weight is 183 g/mol. The van der Waals surface area contributed by atoms with Crippen LogP contribution in [0.15, 0.2) is 22.6 Å². The molecule has 0 spiro atoms. The van der Waals surface area contributed by atoms with E-state index in [4.69, 9.17) is 4.74 Å². The van der Waals surface area contributed by atoms with Gasteiger partial charge in [-0.2, -0.15) is 8.57 Å². The van der Waals surface area contributed by atoms with Crippen molar-refractivity contribution < 1.29 is 8.95 Å². The number of aryl methyl sites for hydroxylation is 1. The molecule has 12 heavy (non-hydrogen) atoms. The third-order valence-corrected chi connectivity index (χ3v) is 1.81. The van der Waals surface area contributed by atoms with Gasteiger partial charge in [-0.05, 0) is 30.7 Å². The van der Waals surface area contributed by atoms with E-state index in [1.807, 2.05) is 13.0 Å². The predicted molar refractivity (Wildman–Crippen MR) is 48.0 cm³/mol. The van der Waals surface area contributed by atoms with Crippen molar-refractivity contribution in [1.29, 1.82) is 0 Å². The maximum Gasteiger partial charge on any atom is 0.205 e. The second-order valence-corrected chi connectivity index (χ2v) is 2.65. The first-order valence-corrected chi connectivity index (χ1v) is 4.12. The highest BCUT2D eigenvalue weighted by Crippen LogP contribution is 2.22. The van der Waals surface area contributed by atoms with Gasteiger partial charge in [0.2, 0.25) is 11.5 Å². The lowest BCUT2D eigenvalue weighted by molar-refractivity contribution is 0.414. The van der Waals surface area contributed by atoms with Crippen molar-refractivity contribution in [3.05, 3.63) is 23.8 Å². The third-order valence-electron chi connectivity index (χ3n) is 1.54. The Morgan fingerprint density at radius 3 is 2.75 bits per heavy atom. The van der Waals surface area contributed by atoms with Crippen LogP contribution in [0.5, 0.6) is 5.75 Å². The summed E-state index contributed by atoms with van der Waals surface area (Å²) in [5.74, 6) is 0.780. The van der Waals surface area contributed by atoms with Crippen molar-refractivity contribution in [2.75, 3.05) is 7.11 Å². The fourth-order valence-electron chi connectivity index (χ4n) is 0.897. The van der Waals surface area contributed by atoms with Crippen LogP contribution in [0.3, 0.4) is 0 Å². The molecule has 0 fully saturated rings. The van der Waals surface area contributed by atoms with Crippen molar-refractivity contribution in [3.63, 3.8) is 0 Å². The van der Waals surface area contributed by atoms with Crippen molar-refractivity contribution >= 4 is 17.2 Å². The molecule has 64 valence electrons. The van der Waals surface area contributed by atoms with Gasteiger partial charge in [-0.15, -0.1) is 0 Å². The molecular weight excluding hydrogens is 174 g/mol. The number of hydrogen-bond acceptors (Lipinski definition) is 3. The van der Waals surface area contributed by atoms with Gasteiger partial charge in [-0.1, -0.05) is 0 Å². The topological polar surface area (TPSA) is 38.7 Å². The number of methoxy groups -OCH3 is 1. The Labute approximate surface area is 74.6 Å². The molecule has 0 aromatic heterocycles. The minimum absolute atomic E-state index is 0.217. The highest BCUT2D eigenvalue weighted by Gasteiger charge is 1.97. The molecule has 0 saturated carbocycles. The smallest absolute Gasteiger partial charge is 0.205 e. The third kappa shape index (κ3) is 1.92. The van der Waals surface area contributed by atoms with E-state index >= 15 is 0 Å². The van der Waals surface area contributed by atoms with Gasteiger partial charge in [0, 0.05) is 0 Å². The lowest BCUT2D eigenvalue weighted by atomic mass is 10.2. The van der Waals surface area contributed by atoms with Gasteiger partial charge in [-0.3, -0.25) is 0 Å². The van der Waals surface area contributed by atoms with E-state index in [0.29, 0.717) is 5.69 Å². The zero-order valence-electron chi connectivity index (χ0n) is 6.90. The lowest BCUT2D eigenvalue weighted by Gasteiger charge is -2.01. The number of benzene rings is 1. The number of rotatable bonds is 2. The summed E-state index contributed by atoms with van der Waals surface area (Å²) < 4.78 is 18.8. The summed E-state index contributed by atoms with van der Waals surface area (Å²) >= 11 is 0.217. The van der Waals surface area contributed by atoms with E-state index in [9.17, 15) is 4.21 Å². The normalized spacial score (nSPS) is 9.17. The molecule has 0 radical (unpaired) electrons. The number of ether oxygens (including phenoxy) is 1. The van der Waals surface area contributed by atoms with E-state index in [1.165, 1.54) is 0 Å². The van der Waals surface area contributed by atoms with Crippen LogP contribution in [0.1, 0.15) is 5.56 Å². The van der Waals surface area contributed by atoms with Gasteiger partial charge < -0.3 is 4.74 Å². The Morgan fingerprint density at radius 2 is 2.25 bits per heavy atom. The summed E-state index contributed by atoms with van der Waals surface area (Å²) in [5.41, 5.74) is 1.65. The molecule has 0 saturated heterocycles. The summed E-state index contributed by atoms with van der Waals surface area (Å²) in [6.45, 7) is 1.89. The standard InChI is InChI=1S/C8H9NO2S/c1-6-5-7(11-2)3-4-8(6)9-12-10/h3-5H,1-2H3. The Kier molecular flexibility index (Phi) is 2.99. The highest BCUT2D eigenvalue weighted by molar-refractivity contribution is 7.54. The fraction of sp³-hybridized carbons (Fsp3) is 0.250. The Bertz CT molecular complexity index is 332. The molecule has 0 amide bonds. The predicted octanol–water partition coefficient (Wildman–Crippen LogP) is 2.03. The minimum Gasteiger partial charge on any atom is -0.497 e. The van der Waals surface area contributed by atoms with Crippen LogP contribution in [0.25, 0.3) is 0 Å². The van der Waals surface area contributed by atoms with Crippen LogP contribution in [0.2, 0.25) is 0 Å². The summed E-state index contributed by atoms with van der Waals surface area (Å²) in [6, 6.07) is 5.39. The molecular formula is C8H9NO2S. The summed E-state index contributed by atoms with van der Waals surface area (Å²) in [4.78, 5) is 0. The van der Waals surface area contributed by atoms with Crippen LogP contribution < -0.4 is 4.74 Å². The van der Waals surface area contributed by atoms with Gasteiger partial charge in [0.25, 0.3) is 0 Å². The molecule has 0 aliphatic heterocycles. The molecule has 0 heterocycles. The lowest BCUT2D eigenvalue weighted by Crippen LogP contribution is -1.82. The first-order chi connectivity index (χ1) is 5.77. The molecule has 0 aliphatic carbocycles. The van der Waals surface area contributed by atoms with Crippen LogP contribution in [-0.4, -0.2) is 11.3 Å². The van der Waals surface area contributed by atoms with Gasteiger partial charge >= 0.3 is 0 Å². The largest absolute Gasteiger partial charge is 0.497 e. The highest BCUT2D eigenvalue weighted by atomic mass is 32.1. The molecule has 0 N–H and O–H groups in total. The van der Waals surface area contributed by atoms with E-state index < -0.39 is 0 Å². The average Bonchev–Trinajstić information content (AvgIpc) is 2.09. The van der Waals surface area contributed by atoms with Crippen molar-refractivity contribution in [3.8, 4) is 5.75 Å². The number of hydrogen-bond donors (Lipinski definition) is 0. The molecule has 1 aromatic carbocycles. The molecule has 1 aromatic rings. The summed E-state index contributed by atoms with van der Waals surface area (Å²) in [7, 11) is 1.61. The number of nitrogens with zero attached hydrogens (tertiary/aromatic N) is 1. The van der Waals surface area contributed by atoms with Crippen molar-refractivity contribution in [2.24, 2.45) is 4.36 Å². The van der Waals surface area contributed by atoms with Gasteiger partial charge in [-0.25, -0.2) is 0 Å². The van der Waals surface area contributed by atoms with Crippen molar-refractivity contribution in [2.45, 2.75) is 6.92 Å². The quantitative estimate of drug-likeness (QED) is 0.703. The Hall–Kier alpha value is -1.16. The first-order valence-electron chi connectivity index (χ1n) is 3.42. The molecule has 3 nitrogen and oxygen atoms in total. The minimum atomic E-state index is 0.217. The second-order valence-electron chi connectivity index (χ2n) is 2.32. The molecule has 4 heteroatoms. The van der Waals surface area contributed by atoms with Gasteiger partial charge in [0.1, 0.15) is 5.75 Å². The monoisotopic (exact) mass is 183 g/mol. The molecule has 0 atom stereocenters. The zero-order chi connectivity index (χ0) is 8.97. The van der Waals surface area contributed by atoms with E-state index in [0.717, 1.165) is 11.3 Å². The van der Waals surface area contributed by atoms with Crippen LogP contribution >= 0.6 is 0 Å². The SMILES string of the molecule is COc1ccc(N=S=O)c(C)c1. The molecule has 0 bridgehead atoms. The molecule has 0 aliphatic rings. The Balaban J connectivity index is 3.11. The Morgan fingerprint density at radius 1 is 1.50 bits per heavy atom. The van der Waals surface area contributed by atoms with Gasteiger partial charge in [0.15, 0.2) is 0 Å². The van der Waals surface area contributed by atoms with E-state index in [1.54, 1.807) is 19.2 Å². The maximum absolute atomic E-state index is 10.1.